The number of rotatable bonds is 1. The van der Waals surface area contributed by atoms with E-state index in [1.54, 1.807) is 0 Å². The summed E-state index contributed by atoms with van der Waals surface area (Å²) >= 11 is 8.21. The SMILES string of the molecule is FC(F)(F)[C@H](Cl)C(F)(F)Cl. The van der Waals surface area contributed by atoms with Crippen molar-refractivity contribution < 1.29 is 22.0 Å². The average Bonchev–Trinajstić information content (AvgIpc) is 1.59. The van der Waals surface area contributed by atoms with Crippen LogP contribution in [0, 0.1) is 0 Å². The van der Waals surface area contributed by atoms with Gasteiger partial charge in [-0.1, -0.05) is 0 Å². The van der Waals surface area contributed by atoms with Crippen molar-refractivity contribution in [1.82, 2.24) is 0 Å². The highest BCUT2D eigenvalue weighted by atomic mass is 35.5. The van der Waals surface area contributed by atoms with E-state index in [-0.39, 0.29) is 0 Å². The van der Waals surface area contributed by atoms with Gasteiger partial charge in [0.05, 0.1) is 0 Å². The van der Waals surface area contributed by atoms with E-state index in [2.05, 4.69) is 23.2 Å². The third-order valence-corrected chi connectivity index (χ3v) is 1.43. The lowest BCUT2D eigenvalue weighted by Gasteiger charge is -2.17. The van der Waals surface area contributed by atoms with Crippen molar-refractivity contribution in [3.8, 4) is 0 Å². The second-order valence-corrected chi connectivity index (χ2v) is 2.39. The monoisotopic (exact) mass is 202 g/mol. The second-order valence-electron chi connectivity index (χ2n) is 1.45. The maximum absolute atomic E-state index is 11.5. The standard InChI is InChI=1S/C3HCl2F5/c4-1(2(5,6)7)3(8,9)10/h1H/t1-/m1/s1. The molecule has 0 heterocycles. The predicted molar refractivity (Wildman–Crippen MR) is 26.5 cm³/mol. The first-order valence-electron chi connectivity index (χ1n) is 1.93. The molecular formula is C3HCl2F5. The quantitative estimate of drug-likeness (QED) is 0.453. The smallest absolute Gasteiger partial charge is 0.186 e. The van der Waals surface area contributed by atoms with Crippen molar-refractivity contribution in [3.05, 3.63) is 0 Å². The maximum atomic E-state index is 11.5. The molecule has 10 heavy (non-hydrogen) atoms. The van der Waals surface area contributed by atoms with Crippen molar-refractivity contribution >= 4 is 23.2 Å². The summed E-state index contributed by atoms with van der Waals surface area (Å²) in [6.45, 7) is 0. The highest BCUT2D eigenvalue weighted by molar-refractivity contribution is 6.31. The van der Waals surface area contributed by atoms with Gasteiger partial charge in [-0.2, -0.15) is 22.0 Å². The molecule has 0 saturated carbocycles. The molecule has 0 aromatic heterocycles. The molecule has 0 amide bonds. The molecule has 62 valence electrons. The van der Waals surface area contributed by atoms with Crippen LogP contribution in [0.15, 0.2) is 0 Å². The van der Waals surface area contributed by atoms with Crippen molar-refractivity contribution in [2.45, 2.75) is 16.9 Å². The number of halogens is 7. The van der Waals surface area contributed by atoms with Crippen LogP contribution in [0.25, 0.3) is 0 Å². The summed E-state index contributed by atoms with van der Waals surface area (Å²) in [4.78, 5) is 0. The molecule has 0 rings (SSSR count). The minimum Gasteiger partial charge on any atom is -0.186 e. The zero-order chi connectivity index (χ0) is 8.58. The Balaban J connectivity index is 4.23. The number of hydrogen-bond acceptors (Lipinski definition) is 0. The van der Waals surface area contributed by atoms with E-state index >= 15 is 0 Å². The lowest BCUT2D eigenvalue weighted by Crippen LogP contribution is -2.36. The lowest BCUT2D eigenvalue weighted by molar-refractivity contribution is -0.162. The van der Waals surface area contributed by atoms with Gasteiger partial charge < -0.3 is 0 Å². The molecule has 7 heteroatoms. The van der Waals surface area contributed by atoms with Crippen LogP contribution >= 0.6 is 23.2 Å². The summed E-state index contributed by atoms with van der Waals surface area (Å²) in [6, 6.07) is 0. The van der Waals surface area contributed by atoms with Crippen molar-refractivity contribution in [2.24, 2.45) is 0 Å². The van der Waals surface area contributed by atoms with Crippen LogP contribution in [-0.2, 0) is 0 Å². The fourth-order valence-electron chi connectivity index (χ4n) is 0.186. The van der Waals surface area contributed by atoms with Gasteiger partial charge in [-0.15, -0.1) is 11.6 Å². The van der Waals surface area contributed by atoms with Crippen molar-refractivity contribution in [1.29, 1.82) is 0 Å². The van der Waals surface area contributed by atoms with E-state index in [4.69, 9.17) is 0 Å². The summed E-state index contributed by atoms with van der Waals surface area (Å²) in [5.74, 6) is 0. The molecule has 0 aromatic rings. The summed E-state index contributed by atoms with van der Waals surface area (Å²) in [6.07, 6.45) is -5.17. The van der Waals surface area contributed by atoms with Crippen LogP contribution in [0.2, 0.25) is 0 Å². The molecule has 0 aliphatic carbocycles. The van der Waals surface area contributed by atoms with Gasteiger partial charge in [0.2, 0.25) is 5.38 Å². The van der Waals surface area contributed by atoms with Crippen molar-refractivity contribution in [3.63, 3.8) is 0 Å². The van der Waals surface area contributed by atoms with Gasteiger partial charge in [0, 0.05) is 0 Å². The minimum absolute atomic E-state index is 3.33. The predicted octanol–water partition coefficient (Wildman–Crippen LogP) is 2.99. The third-order valence-electron chi connectivity index (χ3n) is 0.575. The zero-order valence-electron chi connectivity index (χ0n) is 4.22. The Hall–Kier alpha value is 0.230. The molecule has 0 radical (unpaired) electrons. The molecule has 0 aromatic carbocycles. The van der Waals surface area contributed by atoms with Gasteiger partial charge in [-0.05, 0) is 11.6 Å². The minimum atomic E-state index is -5.17. The third kappa shape index (κ3) is 2.88. The average molecular weight is 203 g/mol. The number of alkyl halides is 7. The Morgan fingerprint density at radius 1 is 1.00 bits per heavy atom. The summed E-state index contributed by atoms with van der Waals surface area (Å²) in [5, 5.41) is -7.78. The molecule has 0 bridgehead atoms. The fourth-order valence-corrected chi connectivity index (χ4v) is 0.309. The summed E-state index contributed by atoms with van der Waals surface area (Å²) in [5.41, 5.74) is 0. The summed E-state index contributed by atoms with van der Waals surface area (Å²) < 4.78 is 56.8. The number of hydrogen-bond donors (Lipinski definition) is 0. The molecule has 0 spiro atoms. The topological polar surface area (TPSA) is 0 Å². The molecule has 0 aliphatic heterocycles. The Labute approximate surface area is 62.9 Å². The molecular weight excluding hydrogens is 202 g/mol. The zero-order valence-corrected chi connectivity index (χ0v) is 5.73. The largest absolute Gasteiger partial charge is 0.412 e. The molecule has 0 fully saturated rings. The fraction of sp³-hybridized carbons (Fsp3) is 1.00. The van der Waals surface area contributed by atoms with Gasteiger partial charge in [-0.3, -0.25) is 0 Å². The van der Waals surface area contributed by atoms with Crippen LogP contribution in [0.1, 0.15) is 0 Å². The molecule has 1 atom stereocenters. The Morgan fingerprint density at radius 2 is 1.30 bits per heavy atom. The second kappa shape index (κ2) is 2.70. The van der Waals surface area contributed by atoms with E-state index in [0.29, 0.717) is 0 Å². The summed E-state index contributed by atoms with van der Waals surface area (Å²) in [7, 11) is 0. The first-order valence-corrected chi connectivity index (χ1v) is 2.74. The van der Waals surface area contributed by atoms with E-state index in [1.165, 1.54) is 0 Å². The van der Waals surface area contributed by atoms with Crippen LogP contribution in [-0.4, -0.2) is 16.9 Å². The van der Waals surface area contributed by atoms with Crippen LogP contribution < -0.4 is 0 Å². The van der Waals surface area contributed by atoms with E-state index in [0.717, 1.165) is 0 Å². The van der Waals surface area contributed by atoms with Crippen molar-refractivity contribution in [2.75, 3.05) is 0 Å². The van der Waals surface area contributed by atoms with Gasteiger partial charge >= 0.3 is 11.6 Å². The highest BCUT2D eigenvalue weighted by Crippen LogP contribution is 2.38. The van der Waals surface area contributed by atoms with Gasteiger partial charge in [0.25, 0.3) is 0 Å². The first-order chi connectivity index (χ1) is 4.15. The van der Waals surface area contributed by atoms with E-state index < -0.39 is 16.9 Å². The molecule has 0 aliphatic rings. The van der Waals surface area contributed by atoms with E-state index in [1.807, 2.05) is 0 Å². The van der Waals surface area contributed by atoms with Gasteiger partial charge in [0.15, 0.2) is 0 Å². The molecule has 0 saturated heterocycles. The van der Waals surface area contributed by atoms with Crippen LogP contribution in [0.3, 0.4) is 0 Å². The van der Waals surface area contributed by atoms with Gasteiger partial charge in [0.1, 0.15) is 0 Å². The molecule has 0 nitrogen and oxygen atoms in total. The Bertz CT molecular complexity index is 99.0. The van der Waals surface area contributed by atoms with Crippen LogP contribution in [0.4, 0.5) is 22.0 Å². The molecule has 0 N–H and O–H groups in total. The normalized spacial score (nSPS) is 17.1. The van der Waals surface area contributed by atoms with Gasteiger partial charge in [-0.25, -0.2) is 0 Å². The van der Waals surface area contributed by atoms with E-state index in [9.17, 15) is 22.0 Å². The Kier molecular flexibility index (Phi) is 2.76. The molecule has 0 unspecified atom stereocenters. The lowest BCUT2D eigenvalue weighted by atomic mass is 10.4. The highest BCUT2D eigenvalue weighted by Gasteiger charge is 2.53. The Morgan fingerprint density at radius 3 is 1.30 bits per heavy atom. The van der Waals surface area contributed by atoms with Crippen LogP contribution in [0.5, 0.6) is 0 Å². The maximum Gasteiger partial charge on any atom is 0.412 e. The first kappa shape index (κ1) is 10.2.